The second kappa shape index (κ2) is 6.14. The minimum Gasteiger partial charge on any atom is -0.343 e. The first kappa shape index (κ1) is 15.7. The van der Waals surface area contributed by atoms with E-state index in [1.165, 1.54) is 16.9 Å². The Morgan fingerprint density at radius 2 is 1.96 bits per heavy atom. The van der Waals surface area contributed by atoms with Gasteiger partial charge in [0.05, 0.1) is 18.4 Å². The van der Waals surface area contributed by atoms with Crippen LogP contribution in [-0.2, 0) is 12.7 Å². The number of carbonyl (C=O) groups excluding carboxylic acids is 1. The standard InChI is InChI=1S/C14H11F3N6O/c15-14(16,17)13-20-11(21-22-13)8-18-12(24)10-6-7-19-23(10)9-4-2-1-3-5-9/h1-7H,8H2,(H,18,24)(H,20,21,22). The summed E-state index contributed by atoms with van der Waals surface area (Å²) in [5.74, 6) is -1.87. The highest BCUT2D eigenvalue weighted by Gasteiger charge is 2.36. The first-order valence-electron chi connectivity index (χ1n) is 6.81. The molecular formula is C14H11F3N6O. The lowest BCUT2D eigenvalue weighted by molar-refractivity contribution is -0.144. The number of H-pyrrole nitrogens is 1. The number of benzene rings is 1. The van der Waals surface area contributed by atoms with Crippen LogP contribution >= 0.6 is 0 Å². The second-order valence-corrected chi connectivity index (χ2v) is 4.75. The van der Waals surface area contributed by atoms with Crippen LogP contribution in [0.3, 0.4) is 0 Å². The molecule has 0 radical (unpaired) electrons. The molecule has 1 amide bonds. The van der Waals surface area contributed by atoms with Crippen LogP contribution in [-0.4, -0.2) is 30.9 Å². The fourth-order valence-electron chi connectivity index (χ4n) is 2.01. The van der Waals surface area contributed by atoms with Crippen LogP contribution in [0.15, 0.2) is 42.6 Å². The van der Waals surface area contributed by atoms with E-state index in [1.807, 2.05) is 6.07 Å². The molecule has 0 aliphatic carbocycles. The molecule has 2 heterocycles. The predicted molar refractivity (Wildman–Crippen MR) is 76.1 cm³/mol. The molecule has 2 aromatic heterocycles. The summed E-state index contributed by atoms with van der Waals surface area (Å²) >= 11 is 0. The van der Waals surface area contributed by atoms with E-state index in [9.17, 15) is 18.0 Å². The molecule has 0 saturated heterocycles. The van der Waals surface area contributed by atoms with Gasteiger partial charge in [0.15, 0.2) is 0 Å². The van der Waals surface area contributed by atoms with Gasteiger partial charge in [-0.25, -0.2) is 9.67 Å². The van der Waals surface area contributed by atoms with Gasteiger partial charge in [0.1, 0.15) is 11.5 Å². The van der Waals surface area contributed by atoms with Gasteiger partial charge >= 0.3 is 6.18 Å². The quantitative estimate of drug-likeness (QED) is 0.762. The lowest BCUT2D eigenvalue weighted by atomic mass is 10.3. The van der Waals surface area contributed by atoms with Crippen molar-refractivity contribution in [2.24, 2.45) is 0 Å². The van der Waals surface area contributed by atoms with Gasteiger partial charge in [0.2, 0.25) is 0 Å². The van der Waals surface area contributed by atoms with Crippen LogP contribution in [0.1, 0.15) is 22.1 Å². The number of rotatable bonds is 4. The van der Waals surface area contributed by atoms with Crippen molar-refractivity contribution in [3.63, 3.8) is 0 Å². The highest BCUT2D eigenvalue weighted by atomic mass is 19.4. The molecule has 1 aromatic carbocycles. The van der Waals surface area contributed by atoms with Crippen LogP contribution in [0.2, 0.25) is 0 Å². The molecule has 0 saturated carbocycles. The molecule has 0 unspecified atom stereocenters. The first-order valence-corrected chi connectivity index (χ1v) is 6.81. The molecule has 24 heavy (non-hydrogen) atoms. The summed E-state index contributed by atoms with van der Waals surface area (Å²) in [4.78, 5) is 15.5. The van der Waals surface area contributed by atoms with Crippen molar-refractivity contribution < 1.29 is 18.0 Å². The number of aromatic nitrogens is 5. The van der Waals surface area contributed by atoms with E-state index >= 15 is 0 Å². The zero-order valence-corrected chi connectivity index (χ0v) is 12.1. The van der Waals surface area contributed by atoms with Crippen LogP contribution in [0.4, 0.5) is 13.2 Å². The molecule has 3 rings (SSSR count). The molecular weight excluding hydrogens is 325 g/mol. The molecule has 0 spiro atoms. The fraction of sp³-hybridized carbons (Fsp3) is 0.143. The minimum absolute atomic E-state index is 0.0959. The van der Waals surface area contributed by atoms with Crippen molar-refractivity contribution >= 4 is 5.91 Å². The van der Waals surface area contributed by atoms with Crippen LogP contribution in [0, 0.1) is 0 Å². The summed E-state index contributed by atoms with van der Waals surface area (Å²) in [6, 6.07) is 10.5. The number of nitrogens with zero attached hydrogens (tertiary/aromatic N) is 4. The molecule has 0 aliphatic rings. The summed E-state index contributed by atoms with van der Waals surface area (Å²) in [6.07, 6.45) is -3.18. The molecule has 0 atom stereocenters. The predicted octanol–water partition coefficient (Wildman–Crippen LogP) is 1.94. The van der Waals surface area contributed by atoms with Gasteiger partial charge in [-0.2, -0.15) is 18.3 Å². The number of alkyl halides is 3. The number of halogens is 3. The van der Waals surface area contributed by atoms with Crippen molar-refractivity contribution in [3.05, 3.63) is 59.9 Å². The maximum Gasteiger partial charge on any atom is 0.453 e. The third kappa shape index (κ3) is 3.26. The van der Waals surface area contributed by atoms with Crippen LogP contribution in [0.5, 0.6) is 0 Å². The average Bonchev–Trinajstić information content (AvgIpc) is 3.22. The number of aromatic amines is 1. The zero-order chi connectivity index (χ0) is 17.2. The van der Waals surface area contributed by atoms with Gasteiger partial charge in [-0.1, -0.05) is 18.2 Å². The third-order valence-electron chi connectivity index (χ3n) is 3.08. The molecule has 7 nitrogen and oxygen atoms in total. The number of hydrogen-bond donors (Lipinski definition) is 2. The number of para-hydroxylation sites is 1. The van der Waals surface area contributed by atoms with E-state index < -0.39 is 17.9 Å². The first-order chi connectivity index (χ1) is 11.4. The molecule has 124 valence electrons. The molecule has 0 bridgehead atoms. The Morgan fingerprint density at radius 1 is 1.21 bits per heavy atom. The van der Waals surface area contributed by atoms with Gasteiger partial charge in [0.25, 0.3) is 11.7 Å². The Morgan fingerprint density at radius 3 is 2.62 bits per heavy atom. The maximum absolute atomic E-state index is 12.4. The average molecular weight is 336 g/mol. The topological polar surface area (TPSA) is 88.5 Å². The van der Waals surface area contributed by atoms with E-state index in [-0.39, 0.29) is 18.1 Å². The summed E-state index contributed by atoms with van der Waals surface area (Å²) in [5, 5.41) is 11.7. The Hall–Kier alpha value is -3.17. The lowest BCUT2D eigenvalue weighted by Gasteiger charge is -2.07. The van der Waals surface area contributed by atoms with Crippen molar-refractivity contribution in [1.82, 2.24) is 30.3 Å². The van der Waals surface area contributed by atoms with E-state index in [1.54, 1.807) is 24.3 Å². The number of amides is 1. The van der Waals surface area contributed by atoms with E-state index in [4.69, 9.17) is 0 Å². The van der Waals surface area contributed by atoms with E-state index in [2.05, 4.69) is 25.6 Å². The fourth-order valence-corrected chi connectivity index (χ4v) is 2.01. The van der Waals surface area contributed by atoms with Crippen molar-refractivity contribution in [2.75, 3.05) is 0 Å². The summed E-state index contributed by atoms with van der Waals surface area (Å²) in [5.41, 5.74) is 0.934. The largest absolute Gasteiger partial charge is 0.453 e. The molecule has 3 aromatic rings. The number of carbonyl (C=O) groups is 1. The monoisotopic (exact) mass is 336 g/mol. The highest BCUT2D eigenvalue weighted by molar-refractivity contribution is 5.92. The second-order valence-electron chi connectivity index (χ2n) is 4.75. The Kier molecular flexibility index (Phi) is 4.02. The third-order valence-corrected chi connectivity index (χ3v) is 3.08. The van der Waals surface area contributed by atoms with Crippen LogP contribution in [0.25, 0.3) is 5.69 Å². The van der Waals surface area contributed by atoms with E-state index in [0.29, 0.717) is 5.69 Å². The van der Waals surface area contributed by atoms with Crippen molar-refractivity contribution in [2.45, 2.75) is 12.7 Å². The Labute approximate surface area is 133 Å². The molecule has 10 heteroatoms. The SMILES string of the molecule is O=C(NCc1nc(C(F)(F)F)n[nH]1)c1ccnn1-c1ccccc1. The number of nitrogens with one attached hydrogen (secondary N) is 2. The van der Waals surface area contributed by atoms with Crippen molar-refractivity contribution in [3.8, 4) is 5.69 Å². The Balaban J connectivity index is 1.71. The maximum atomic E-state index is 12.4. The number of hydrogen-bond acceptors (Lipinski definition) is 4. The molecule has 2 N–H and O–H groups in total. The summed E-state index contributed by atoms with van der Waals surface area (Å²) in [6.45, 7) is -0.220. The normalized spacial score (nSPS) is 11.5. The molecule has 0 aliphatic heterocycles. The highest BCUT2D eigenvalue weighted by Crippen LogP contribution is 2.25. The lowest BCUT2D eigenvalue weighted by Crippen LogP contribution is -2.26. The van der Waals surface area contributed by atoms with Gasteiger partial charge in [-0.15, -0.1) is 5.10 Å². The van der Waals surface area contributed by atoms with E-state index in [0.717, 1.165) is 0 Å². The van der Waals surface area contributed by atoms with Gasteiger partial charge in [-0.3, -0.25) is 9.89 Å². The van der Waals surface area contributed by atoms with Gasteiger partial charge in [-0.05, 0) is 18.2 Å². The van der Waals surface area contributed by atoms with Gasteiger partial charge in [0, 0.05) is 0 Å². The zero-order valence-electron chi connectivity index (χ0n) is 12.1. The van der Waals surface area contributed by atoms with Crippen LogP contribution < -0.4 is 5.32 Å². The summed E-state index contributed by atoms with van der Waals surface area (Å²) in [7, 11) is 0. The smallest absolute Gasteiger partial charge is 0.343 e. The van der Waals surface area contributed by atoms with Gasteiger partial charge < -0.3 is 5.32 Å². The van der Waals surface area contributed by atoms with Crippen molar-refractivity contribution in [1.29, 1.82) is 0 Å². The molecule has 0 fully saturated rings. The minimum atomic E-state index is -4.63. The Bertz CT molecular complexity index is 840. The summed E-state index contributed by atoms with van der Waals surface area (Å²) < 4.78 is 38.7.